The van der Waals surface area contributed by atoms with Crippen LogP contribution in [0.1, 0.15) is 12.8 Å². The minimum absolute atomic E-state index is 0.251. The van der Waals surface area contributed by atoms with Gasteiger partial charge < -0.3 is 10.5 Å². The van der Waals surface area contributed by atoms with Gasteiger partial charge in [-0.1, -0.05) is 0 Å². The van der Waals surface area contributed by atoms with Crippen molar-refractivity contribution in [3.8, 4) is 0 Å². The van der Waals surface area contributed by atoms with E-state index in [2.05, 4.69) is 0 Å². The Balaban J connectivity index is 3.43. The lowest BCUT2D eigenvalue weighted by Crippen LogP contribution is -2.19. The second-order valence-corrected chi connectivity index (χ2v) is 7.01. The summed E-state index contributed by atoms with van der Waals surface area (Å²) in [6.07, 6.45) is 4.37. The molecular weight excluding hydrogens is 190 g/mol. The van der Waals surface area contributed by atoms with E-state index >= 15 is 0 Å². The zero-order valence-corrected chi connectivity index (χ0v) is 9.18. The van der Waals surface area contributed by atoms with Crippen molar-refractivity contribution in [2.75, 3.05) is 31.4 Å². The molecule has 0 aliphatic rings. The van der Waals surface area contributed by atoms with Gasteiger partial charge >= 0.3 is 5.97 Å². The molecule has 0 aromatic heterocycles. The van der Waals surface area contributed by atoms with Gasteiger partial charge in [0.05, 0.1) is 0 Å². The van der Waals surface area contributed by atoms with Crippen LogP contribution in [0.3, 0.4) is 0 Å². The smallest absolute Gasteiger partial charge is 0.305 e. The molecule has 80 valence electrons. The Labute approximate surface area is 80.3 Å². The van der Waals surface area contributed by atoms with E-state index in [9.17, 15) is 9.00 Å². The van der Waals surface area contributed by atoms with Crippen LogP contribution in [-0.2, 0) is 19.5 Å². The van der Waals surface area contributed by atoms with Gasteiger partial charge in [0, 0.05) is 12.2 Å². The highest BCUT2D eigenvalue weighted by atomic mass is 32.2. The van der Waals surface area contributed by atoms with Crippen LogP contribution in [0.2, 0.25) is 0 Å². The molecule has 0 unspecified atom stereocenters. The maximum Gasteiger partial charge on any atom is 0.305 e. The second kappa shape index (κ2) is 6.10. The van der Waals surface area contributed by atoms with E-state index in [1.165, 1.54) is 0 Å². The molecule has 2 N–H and O–H groups in total. The zero-order chi connectivity index (χ0) is 10.3. The minimum atomic E-state index is -2.05. The van der Waals surface area contributed by atoms with Crippen LogP contribution < -0.4 is 5.73 Å². The summed E-state index contributed by atoms with van der Waals surface area (Å²) in [6, 6.07) is 0. The Morgan fingerprint density at radius 3 is 2.54 bits per heavy atom. The van der Waals surface area contributed by atoms with Crippen LogP contribution in [0.15, 0.2) is 0 Å². The summed E-state index contributed by atoms with van der Waals surface area (Å²) in [5.74, 6) is 0.209. The maximum absolute atomic E-state index is 11.2. The molecule has 0 aliphatic carbocycles. The summed E-state index contributed by atoms with van der Waals surface area (Å²) in [6.45, 7) is 0.753. The number of ether oxygens (including phenoxy) is 1. The van der Waals surface area contributed by atoms with Crippen molar-refractivity contribution in [2.45, 2.75) is 12.8 Å². The van der Waals surface area contributed by atoms with E-state index in [0.717, 1.165) is 0 Å². The van der Waals surface area contributed by atoms with Gasteiger partial charge in [-0.3, -0.25) is 9.00 Å². The summed E-state index contributed by atoms with van der Waals surface area (Å²) in [7, 11) is -2.05. The van der Waals surface area contributed by atoms with Gasteiger partial charge in [0.25, 0.3) is 0 Å². The molecule has 0 atom stereocenters. The number of esters is 1. The molecular formula is C8H19NO3S. The predicted molar refractivity (Wildman–Crippen MR) is 55.5 cm³/mol. The van der Waals surface area contributed by atoms with Crippen molar-refractivity contribution in [2.24, 2.45) is 5.73 Å². The first-order valence-electron chi connectivity index (χ1n) is 4.35. The van der Waals surface area contributed by atoms with Gasteiger partial charge in [-0.25, -0.2) is 0 Å². The molecule has 5 heteroatoms. The van der Waals surface area contributed by atoms with Crippen LogP contribution in [-0.4, -0.2) is 41.6 Å². The lowest BCUT2D eigenvalue weighted by Gasteiger charge is -2.11. The van der Waals surface area contributed by atoms with E-state index in [1.807, 2.05) is 0 Å². The van der Waals surface area contributed by atoms with Crippen molar-refractivity contribution in [3.63, 3.8) is 0 Å². The highest BCUT2D eigenvalue weighted by Crippen LogP contribution is 1.95. The number of rotatable bonds is 6. The van der Waals surface area contributed by atoms with Crippen LogP contribution in [0.25, 0.3) is 0 Å². The van der Waals surface area contributed by atoms with Crippen molar-refractivity contribution >= 4 is 15.9 Å². The Bertz CT molecular complexity index is 200. The molecule has 0 amide bonds. The number of carbonyl (C=O) groups is 1. The van der Waals surface area contributed by atoms with Crippen molar-refractivity contribution < 1.29 is 13.7 Å². The number of hydrogen-bond acceptors (Lipinski definition) is 4. The first kappa shape index (κ1) is 12.6. The topological polar surface area (TPSA) is 69.4 Å². The lowest BCUT2D eigenvalue weighted by atomic mass is 10.3. The third kappa shape index (κ3) is 9.49. The Kier molecular flexibility index (Phi) is 5.90. The molecule has 0 saturated carbocycles. The first-order chi connectivity index (χ1) is 5.95. The normalized spacial score (nSPS) is 12.5. The van der Waals surface area contributed by atoms with Crippen LogP contribution >= 0.6 is 0 Å². The van der Waals surface area contributed by atoms with Gasteiger partial charge in [0.2, 0.25) is 0 Å². The highest BCUT2D eigenvalue weighted by molar-refractivity contribution is 8.01. The van der Waals surface area contributed by atoms with Gasteiger partial charge in [-0.2, -0.15) is 0 Å². The van der Waals surface area contributed by atoms with Crippen LogP contribution in [0.5, 0.6) is 0 Å². The molecule has 0 spiro atoms. The molecule has 0 bridgehead atoms. The number of hydrogen-bond donors (Lipinski definition) is 2. The van der Waals surface area contributed by atoms with Crippen LogP contribution in [0.4, 0.5) is 0 Å². The summed E-state index contributed by atoms with van der Waals surface area (Å²) in [4.78, 5) is 10.9. The quantitative estimate of drug-likeness (QED) is 0.459. The minimum Gasteiger partial charge on any atom is -0.465 e. The summed E-state index contributed by atoms with van der Waals surface area (Å²) in [5, 5.41) is 0. The Hall–Kier alpha value is -0.420. The number of thiol groups is 1. The standard InChI is InChI=1S/C8H19NO3S/c1-13(2,11)7-6-12-8(10)4-3-5-9/h13H,3-7,9H2,1-2H3. The van der Waals surface area contributed by atoms with Crippen molar-refractivity contribution in [1.29, 1.82) is 0 Å². The summed E-state index contributed by atoms with van der Waals surface area (Å²) >= 11 is 0. The molecule has 0 radical (unpaired) electrons. The third-order valence-electron chi connectivity index (χ3n) is 1.48. The Morgan fingerprint density at radius 1 is 1.46 bits per heavy atom. The van der Waals surface area contributed by atoms with E-state index in [0.29, 0.717) is 25.1 Å². The fraction of sp³-hybridized carbons (Fsp3) is 0.875. The van der Waals surface area contributed by atoms with E-state index < -0.39 is 9.93 Å². The molecule has 0 aromatic rings. The monoisotopic (exact) mass is 209 g/mol. The number of carbonyl (C=O) groups excluding carboxylic acids is 1. The molecule has 0 saturated heterocycles. The molecule has 0 aromatic carbocycles. The fourth-order valence-electron chi connectivity index (χ4n) is 0.698. The largest absolute Gasteiger partial charge is 0.465 e. The SMILES string of the molecule is C[SH](C)(=O)CCOC(=O)CCCN. The summed E-state index contributed by atoms with van der Waals surface area (Å²) in [5.41, 5.74) is 5.22. The van der Waals surface area contributed by atoms with E-state index in [1.54, 1.807) is 12.5 Å². The molecule has 4 nitrogen and oxygen atoms in total. The van der Waals surface area contributed by atoms with Gasteiger partial charge in [0.1, 0.15) is 6.61 Å². The summed E-state index contributed by atoms with van der Waals surface area (Å²) < 4.78 is 16.1. The van der Waals surface area contributed by atoms with E-state index in [-0.39, 0.29) is 12.6 Å². The molecule has 0 rings (SSSR count). The molecule has 13 heavy (non-hydrogen) atoms. The first-order valence-corrected chi connectivity index (χ1v) is 7.14. The highest BCUT2D eigenvalue weighted by Gasteiger charge is 2.04. The average molecular weight is 209 g/mol. The predicted octanol–water partition coefficient (Wildman–Crippen LogP) is -0.455. The molecule has 0 fully saturated rings. The van der Waals surface area contributed by atoms with Crippen molar-refractivity contribution in [1.82, 2.24) is 0 Å². The second-order valence-electron chi connectivity index (χ2n) is 3.41. The van der Waals surface area contributed by atoms with Gasteiger partial charge in [-0.15, -0.1) is 9.93 Å². The Morgan fingerprint density at radius 2 is 2.08 bits per heavy atom. The zero-order valence-electron chi connectivity index (χ0n) is 8.28. The molecule has 0 aliphatic heterocycles. The average Bonchev–Trinajstić information content (AvgIpc) is 1.98. The lowest BCUT2D eigenvalue weighted by molar-refractivity contribution is -0.143. The van der Waals surface area contributed by atoms with E-state index in [4.69, 9.17) is 10.5 Å². The van der Waals surface area contributed by atoms with Crippen molar-refractivity contribution in [3.05, 3.63) is 0 Å². The maximum atomic E-state index is 11.2. The fourth-order valence-corrected chi connectivity index (χ4v) is 1.23. The van der Waals surface area contributed by atoms with Gasteiger partial charge in [-0.05, 0) is 25.5 Å². The van der Waals surface area contributed by atoms with Gasteiger partial charge in [0.15, 0.2) is 0 Å². The number of nitrogens with two attached hydrogens (primary N) is 1. The molecule has 0 heterocycles. The van der Waals surface area contributed by atoms with Crippen LogP contribution in [0, 0.1) is 0 Å². The third-order valence-corrected chi connectivity index (χ3v) is 2.74.